The molecule has 0 aliphatic rings. The first-order valence-electron chi connectivity index (χ1n) is 7.64. The van der Waals surface area contributed by atoms with Gasteiger partial charge in [0.1, 0.15) is 12.4 Å². The number of halogens is 1. The third kappa shape index (κ3) is 7.27. The van der Waals surface area contributed by atoms with Gasteiger partial charge in [0.15, 0.2) is 0 Å². The fraction of sp³-hybridized carbons (Fsp3) is 0.222. The standard InChI is InChI=1S/C18H22N2O3S.ClH/c1-2-12-23-17-5-3-4-16(13-17)14-20-11-10-15-6-8-18(9-7-15)24(19,21)22;/h2-9,13,20H,1,10-12,14H2,(H2,19,21,22);1H. The van der Waals surface area contributed by atoms with Crippen LogP contribution in [0.4, 0.5) is 0 Å². The molecule has 7 heteroatoms. The number of hydrogen-bond acceptors (Lipinski definition) is 4. The molecule has 0 aliphatic carbocycles. The normalized spacial score (nSPS) is 10.8. The molecule has 0 aromatic heterocycles. The van der Waals surface area contributed by atoms with E-state index in [1.807, 2.05) is 24.3 Å². The van der Waals surface area contributed by atoms with Gasteiger partial charge in [0.05, 0.1) is 4.90 Å². The first-order chi connectivity index (χ1) is 11.5. The van der Waals surface area contributed by atoms with Gasteiger partial charge >= 0.3 is 0 Å². The lowest BCUT2D eigenvalue weighted by Crippen LogP contribution is -2.17. The van der Waals surface area contributed by atoms with Crippen molar-refractivity contribution < 1.29 is 13.2 Å². The Hall–Kier alpha value is -1.86. The summed E-state index contributed by atoms with van der Waals surface area (Å²) in [5.41, 5.74) is 2.19. The molecule has 2 aromatic carbocycles. The summed E-state index contributed by atoms with van der Waals surface area (Å²) in [7, 11) is -3.63. The second-order valence-corrected chi connectivity index (χ2v) is 6.92. The van der Waals surface area contributed by atoms with E-state index in [2.05, 4.69) is 11.9 Å². The van der Waals surface area contributed by atoms with E-state index in [0.29, 0.717) is 6.61 Å². The summed E-state index contributed by atoms with van der Waals surface area (Å²) < 4.78 is 27.9. The second kappa shape index (κ2) is 10.2. The van der Waals surface area contributed by atoms with Crippen LogP contribution in [-0.4, -0.2) is 21.6 Å². The fourth-order valence-electron chi connectivity index (χ4n) is 2.21. The lowest BCUT2D eigenvalue weighted by Gasteiger charge is -2.08. The van der Waals surface area contributed by atoms with E-state index in [0.717, 1.165) is 36.4 Å². The Balaban J connectivity index is 0.00000312. The molecule has 0 fully saturated rings. The summed E-state index contributed by atoms with van der Waals surface area (Å²) in [6.07, 6.45) is 2.52. The SMILES string of the molecule is C=CCOc1cccc(CNCCc2ccc(S(N)(=O)=O)cc2)c1.Cl. The topological polar surface area (TPSA) is 81.4 Å². The Morgan fingerprint density at radius 2 is 1.84 bits per heavy atom. The zero-order valence-corrected chi connectivity index (χ0v) is 15.5. The van der Waals surface area contributed by atoms with Gasteiger partial charge in [0.2, 0.25) is 10.0 Å². The predicted molar refractivity (Wildman–Crippen MR) is 103 cm³/mol. The maximum atomic E-state index is 11.2. The summed E-state index contributed by atoms with van der Waals surface area (Å²) in [5.74, 6) is 0.827. The molecule has 0 saturated carbocycles. The molecule has 0 heterocycles. The zero-order chi connectivity index (χ0) is 17.4. The van der Waals surface area contributed by atoms with Gasteiger partial charge in [-0.2, -0.15) is 0 Å². The highest BCUT2D eigenvalue weighted by molar-refractivity contribution is 7.89. The zero-order valence-electron chi connectivity index (χ0n) is 13.9. The minimum atomic E-state index is -3.63. The summed E-state index contributed by atoms with van der Waals surface area (Å²) in [5, 5.41) is 8.44. The van der Waals surface area contributed by atoms with Crippen LogP contribution >= 0.6 is 12.4 Å². The summed E-state index contributed by atoms with van der Waals surface area (Å²) >= 11 is 0. The number of rotatable bonds is 9. The second-order valence-electron chi connectivity index (χ2n) is 5.36. The molecular formula is C18H23ClN2O3S. The van der Waals surface area contributed by atoms with Crippen molar-refractivity contribution in [2.45, 2.75) is 17.9 Å². The van der Waals surface area contributed by atoms with Crippen molar-refractivity contribution >= 4 is 22.4 Å². The third-order valence-corrected chi connectivity index (χ3v) is 4.37. The van der Waals surface area contributed by atoms with Crippen molar-refractivity contribution in [3.05, 3.63) is 72.3 Å². The van der Waals surface area contributed by atoms with Crippen LogP contribution in [0.3, 0.4) is 0 Å². The predicted octanol–water partition coefficient (Wildman–Crippen LogP) is 2.65. The molecule has 3 N–H and O–H groups in total. The Kier molecular flexibility index (Phi) is 8.65. The van der Waals surface area contributed by atoms with Gasteiger partial charge in [-0.05, 0) is 48.4 Å². The van der Waals surface area contributed by atoms with Crippen LogP contribution in [-0.2, 0) is 23.0 Å². The van der Waals surface area contributed by atoms with Gasteiger partial charge in [0.25, 0.3) is 0 Å². The van der Waals surface area contributed by atoms with Crippen LogP contribution in [0.2, 0.25) is 0 Å². The fourth-order valence-corrected chi connectivity index (χ4v) is 2.73. The molecule has 0 unspecified atom stereocenters. The van der Waals surface area contributed by atoms with Gasteiger partial charge < -0.3 is 10.1 Å². The molecule has 5 nitrogen and oxygen atoms in total. The molecule has 0 bridgehead atoms. The van der Waals surface area contributed by atoms with Crippen LogP contribution in [0.1, 0.15) is 11.1 Å². The molecular weight excluding hydrogens is 360 g/mol. The molecule has 0 spiro atoms. The van der Waals surface area contributed by atoms with E-state index in [9.17, 15) is 8.42 Å². The van der Waals surface area contributed by atoms with Crippen molar-refractivity contribution in [3.63, 3.8) is 0 Å². The Morgan fingerprint density at radius 1 is 1.12 bits per heavy atom. The van der Waals surface area contributed by atoms with E-state index in [1.165, 1.54) is 12.1 Å². The van der Waals surface area contributed by atoms with Gasteiger partial charge in [-0.25, -0.2) is 13.6 Å². The number of nitrogens with one attached hydrogen (secondary N) is 1. The van der Waals surface area contributed by atoms with Crippen molar-refractivity contribution in [1.82, 2.24) is 5.32 Å². The molecule has 0 saturated heterocycles. The van der Waals surface area contributed by atoms with Crippen LogP contribution < -0.4 is 15.2 Å². The van der Waals surface area contributed by atoms with Crippen LogP contribution in [0, 0.1) is 0 Å². The minimum absolute atomic E-state index is 0. The van der Waals surface area contributed by atoms with Gasteiger partial charge in [0, 0.05) is 6.54 Å². The number of sulfonamides is 1. The smallest absolute Gasteiger partial charge is 0.238 e. The monoisotopic (exact) mass is 382 g/mol. The molecule has 0 amide bonds. The molecule has 136 valence electrons. The summed E-state index contributed by atoms with van der Waals surface area (Å²) in [6.45, 7) is 5.64. The highest BCUT2D eigenvalue weighted by Gasteiger charge is 2.06. The summed E-state index contributed by atoms with van der Waals surface area (Å²) in [4.78, 5) is 0.135. The van der Waals surface area contributed by atoms with Crippen LogP contribution in [0.5, 0.6) is 5.75 Å². The lowest BCUT2D eigenvalue weighted by molar-refractivity contribution is 0.362. The molecule has 0 radical (unpaired) electrons. The molecule has 2 aromatic rings. The van der Waals surface area contributed by atoms with E-state index < -0.39 is 10.0 Å². The Labute approximate surface area is 155 Å². The average Bonchev–Trinajstić information content (AvgIpc) is 2.57. The van der Waals surface area contributed by atoms with Crippen LogP contribution in [0.15, 0.2) is 66.1 Å². The van der Waals surface area contributed by atoms with E-state index >= 15 is 0 Å². The van der Waals surface area contributed by atoms with Crippen LogP contribution in [0.25, 0.3) is 0 Å². The van der Waals surface area contributed by atoms with Crippen molar-refractivity contribution in [3.8, 4) is 5.75 Å². The van der Waals surface area contributed by atoms with Crippen molar-refractivity contribution in [1.29, 1.82) is 0 Å². The van der Waals surface area contributed by atoms with Gasteiger partial charge in [-0.1, -0.05) is 36.9 Å². The van der Waals surface area contributed by atoms with E-state index in [-0.39, 0.29) is 17.3 Å². The number of primary sulfonamides is 1. The first-order valence-corrected chi connectivity index (χ1v) is 9.19. The number of ether oxygens (including phenoxy) is 1. The number of benzene rings is 2. The lowest BCUT2D eigenvalue weighted by atomic mass is 10.1. The maximum Gasteiger partial charge on any atom is 0.238 e. The molecule has 2 rings (SSSR count). The first kappa shape index (κ1) is 21.2. The van der Waals surface area contributed by atoms with E-state index in [1.54, 1.807) is 18.2 Å². The highest BCUT2D eigenvalue weighted by atomic mass is 35.5. The van der Waals surface area contributed by atoms with E-state index in [4.69, 9.17) is 9.88 Å². The van der Waals surface area contributed by atoms with Gasteiger partial charge in [-0.3, -0.25) is 0 Å². The number of nitrogens with two attached hydrogens (primary N) is 1. The Bertz CT molecular complexity index is 777. The third-order valence-electron chi connectivity index (χ3n) is 3.44. The van der Waals surface area contributed by atoms with Crippen molar-refractivity contribution in [2.24, 2.45) is 5.14 Å². The molecule has 25 heavy (non-hydrogen) atoms. The van der Waals surface area contributed by atoms with Crippen molar-refractivity contribution in [2.75, 3.05) is 13.2 Å². The average molecular weight is 383 g/mol. The minimum Gasteiger partial charge on any atom is -0.490 e. The quantitative estimate of drug-likeness (QED) is 0.516. The Morgan fingerprint density at radius 3 is 2.48 bits per heavy atom. The molecule has 0 aliphatic heterocycles. The highest BCUT2D eigenvalue weighted by Crippen LogP contribution is 2.13. The largest absolute Gasteiger partial charge is 0.490 e. The maximum absolute atomic E-state index is 11.2. The number of hydrogen-bond donors (Lipinski definition) is 2. The molecule has 0 atom stereocenters. The summed E-state index contributed by atoms with van der Waals surface area (Å²) in [6, 6.07) is 14.5. The van der Waals surface area contributed by atoms with Gasteiger partial charge in [-0.15, -0.1) is 12.4 Å².